The van der Waals surface area contributed by atoms with Crippen molar-refractivity contribution in [3.8, 4) is 0 Å². The van der Waals surface area contributed by atoms with Gasteiger partial charge in [-0.2, -0.15) is 0 Å². The molecule has 14 heavy (non-hydrogen) atoms. The number of hydrogen-bond donors (Lipinski definition) is 2. The maximum atomic E-state index is 6.58. The number of rotatable bonds is 3. The van der Waals surface area contributed by atoms with E-state index in [0.717, 1.165) is 19.4 Å². The van der Waals surface area contributed by atoms with Crippen LogP contribution in [0.5, 0.6) is 0 Å². The molecular formula is C12H28N2. The zero-order valence-electron chi connectivity index (χ0n) is 10.8. The van der Waals surface area contributed by atoms with Gasteiger partial charge < -0.3 is 11.5 Å². The van der Waals surface area contributed by atoms with Crippen molar-refractivity contribution in [1.82, 2.24) is 0 Å². The van der Waals surface area contributed by atoms with E-state index in [-0.39, 0.29) is 16.4 Å². The van der Waals surface area contributed by atoms with Gasteiger partial charge >= 0.3 is 0 Å². The van der Waals surface area contributed by atoms with Gasteiger partial charge in [0.15, 0.2) is 0 Å². The molecular weight excluding hydrogens is 172 g/mol. The molecule has 0 aromatic rings. The van der Waals surface area contributed by atoms with Gasteiger partial charge in [0, 0.05) is 5.54 Å². The number of nitrogens with two attached hydrogens (primary N) is 2. The minimum Gasteiger partial charge on any atom is -0.330 e. The van der Waals surface area contributed by atoms with E-state index in [1.165, 1.54) is 0 Å². The molecule has 0 radical (unpaired) electrons. The zero-order chi connectivity index (χ0) is 11.6. The minimum atomic E-state index is -0.153. The van der Waals surface area contributed by atoms with Crippen LogP contribution in [-0.4, -0.2) is 12.1 Å². The molecule has 2 nitrogen and oxygen atoms in total. The standard InChI is InChI=1S/C12H28N2/c1-10(2,3)12(14,8-7-9-13)11(4,5)6/h7-9,13-14H2,1-6H3. The van der Waals surface area contributed by atoms with Crippen molar-refractivity contribution in [2.45, 2.75) is 59.9 Å². The van der Waals surface area contributed by atoms with Gasteiger partial charge in [-0.1, -0.05) is 41.5 Å². The van der Waals surface area contributed by atoms with E-state index in [1.54, 1.807) is 0 Å². The molecule has 0 rings (SSSR count). The molecule has 2 heteroatoms. The van der Waals surface area contributed by atoms with Crippen molar-refractivity contribution < 1.29 is 0 Å². The summed E-state index contributed by atoms with van der Waals surface area (Å²) in [7, 11) is 0. The van der Waals surface area contributed by atoms with Gasteiger partial charge in [0.25, 0.3) is 0 Å². The topological polar surface area (TPSA) is 52.0 Å². The lowest BCUT2D eigenvalue weighted by atomic mass is 9.59. The predicted molar refractivity (Wildman–Crippen MR) is 64.1 cm³/mol. The molecule has 0 saturated carbocycles. The first-order chi connectivity index (χ1) is 6.06. The molecule has 0 unspecified atom stereocenters. The summed E-state index contributed by atoms with van der Waals surface area (Å²) in [5.74, 6) is 0. The Morgan fingerprint density at radius 3 is 1.43 bits per heavy atom. The Balaban J connectivity index is 4.87. The van der Waals surface area contributed by atoms with Crippen molar-refractivity contribution in [1.29, 1.82) is 0 Å². The summed E-state index contributed by atoms with van der Waals surface area (Å²) in [6.45, 7) is 14.0. The third kappa shape index (κ3) is 2.71. The van der Waals surface area contributed by atoms with Gasteiger partial charge in [0.05, 0.1) is 0 Å². The normalized spacial score (nSPS) is 14.6. The van der Waals surface area contributed by atoms with Gasteiger partial charge in [-0.05, 0) is 30.2 Å². The number of hydrogen-bond acceptors (Lipinski definition) is 2. The van der Waals surface area contributed by atoms with Gasteiger partial charge in [-0.3, -0.25) is 0 Å². The van der Waals surface area contributed by atoms with E-state index >= 15 is 0 Å². The maximum absolute atomic E-state index is 6.58. The predicted octanol–water partition coefficient (Wildman–Crippen LogP) is 2.52. The van der Waals surface area contributed by atoms with Crippen molar-refractivity contribution in [2.75, 3.05) is 6.54 Å². The Kier molecular flexibility index (Phi) is 4.17. The minimum absolute atomic E-state index is 0.112. The molecule has 0 aliphatic rings. The quantitative estimate of drug-likeness (QED) is 0.735. The second kappa shape index (κ2) is 4.19. The Bertz CT molecular complexity index is 158. The fraction of sp³-hybridized carbons (Fsp3) is 1.00. The van der Waals surface area contributed by atoms with E-state index in [0.29, 0.717) is 0 Å². The summed E-state index contributed by atoms with van der Waals surface area (Å²) < 4.78 is 0. The van der Waals surface area contributed by atoms with E-state index in [9.17, 15) is 0 Å². The molecule has 0 fully saturated rings. The summed E-state index contributed by atoms with van der Waals surface area (Å²) in [5, 5.41) is 0. The van der Waals surface area contributed by atoms with Gasteiger partial charge in [-0.25, -0.2) is 0 Å². The Morgan fingerprint density at radius 1 is 0.857 bits per heavy atom. The fourth-order valence-electron chi connectivity index (χ4n) is 2.26. The average Bonchev–Trinajstić information content (AvgIpc) is 1.95. The van der Waals surface area contributed by atoms with Crippen molar-refractivity contribution in [3.63, 3.8) is 0 Å². The third-order valence-electron chi connectivity index (χ3n) is 3.45. The molecule has 0 bridgehead atoms. The van der Waals surface area contributed by atoms with Crippen LogP contribution in [0.1, 0.15) is 54.4 Å². The van der Waals surface area contributed by atoms with Crippen LogP contribution >= 0.6 is 0 Å². The van der Waals surface area contributed by atoms with Gasteiger partial charge in [0.2, 0.25) is 0 Å². The first kappa shape index (κ1) is 13.9. The van der Waals surface area contributed by atoms with E-state index < -0.39 is 0 Å². The Labute approximate surface area is 89.4 Å². The van der Waals surface area contributed by atoms with Crippen LogP contribution in [0.2, 0.25) is 0 Å². The Morgan fingerprint density at radius 2 is 1.21 bits per heavy atom. The highest BCUT2D eigenvalue weighted by Gasteiger charge is 2.46. The van der Waals surface area contributed by atoms with Crippen LogP contribution in [0.25, 0.3) is 0 Å². The summed E-state index contributed by atoms with van der Waals surface area (Å²) in [4.78, 5) is 0. The molecule has 0 amide bonds. The SMILES string of the molecule is CC(C)(C)C(N)(CCCN)C(C)(C)C. The highest BCUT2D eigenvalue weighted by molar-refractivity contribution is 5.03. The zero-order valence-corrected chi connectivity index (χ0v) is 10.8. The van der Waals surface area contributed by atoms with Crippen LogP contribution in [0.4, 0.5) is 0 Å². The first-order valence-corrected chi connectivity index (χ1v) is 5.55. The fourth-order valence-corrected chi connectivity index (χ4v) is 2.26. The van der Waals surface area contributed by atoms with Crippen LogP contribution in [0.3, 0.4) is 0 Å². The second-order valence-corrected chi connectivity index (χ2v) is 6.36. The van der Waals surface area contributed by atoms with Crippen LogP contribution in [-0.2, 0) is 0 Å². The van der Waals surface area contributed by atoms with E-state index in [1.807, 2.05) is 0 Å². The lowest BCUT2D eigenvalue weighted by molar-refractivity contribution is 0.0498. The first-order valence-electron chi connectivity index (χ1n) is 5.55. The molecule has 0 aromatic carbocycles. The molecule has 0 aliphatic carbocycles. The smallest absolute Gasteiger partial charge is 0.0253 e. The highest BCUT2D eigenvalue weighted by Crippen LogP contribution is 2.44. The molecule has 0 atom stereocenters. The molecule has 0 aliphatic heterocycles. The summed E-state index contributed by atoms with van der Waals surface area (Å²) >= 11 is 0. The van der Waals surface area contributed by atoms with Crippen LogP contribution in [0.15, 0.2) is 0 Å². The maximum Gasteiger partial charge on any atom is 0.0253 e. The third-order valence-corrected chi connectivity index (χ3v) is 3.45. The summed E-state index contributed by atoms with van der Waals surface area (Å²) in [6.07, 6.45) is 2.00. The van der Waals surface area contributed by atoms with E-state index in [2.05, 4.69) is 41.5 Å². The average molecular weight is 200 g/mol. The molecule has 0 heterocycles. The highest BCUT2D eigenvalue weighted by atomic mass is 14.8. The van der Waals surface area contributed by atoms with Gasteiger partial charge in [-0.15, -0.1) is 0 Å². The lowest BCUT2D eigenvalue weighted by Gasteiger charge is -2.51. The molecule has 0 saturated heterocycles. The van der Waals surface area contributed by atoms with Crippen LogP contribution in [0, 0.1) is 10.8 Å². The van der Waals surface area contributed by atoms with Crippen molar-refractivity contribution >= 4 is 0 Å². The largest absolute Gasteiger partial charge is 0.330 e. The van der Waals surface area contributed by atoms with Crippen LogP contribution < -0.4 is 11.5 Å². The van der Waals surface area contributed by atoms with Gasteiger partial charge in [0.1, 0.15) is 0 Å². The summed E-state index contributed by atoms with van der Waals surface area (Å²) in [6, 6.07) is 0. The summed E-state index contributed by atoms with van der Waals surface area (Å²) in [5.41, 5.74) is 12.2. The van der Waals surface area contributed by atoms with Crippen molar-refractivity contribution in [3.05, 3.63) is 0 Å². The molecule has 4 N–H and O–H groups in total. The van der Waals surface area contributed by atoms with E-state index in [4.69, 9.17) is 11.5 Å². The molecule has 0 spiro atoms. The van der Waals surface area contributed by atoms with Crippen molar-refractivity contribution in [2.24, 2.45) is 22.3 Å². The monoisotopic (exact) mass is 200 g/mol. The molecule has 0 aromatic heterocycles. The second-order valence-electron chi connectivity index (χ2n) is 6.36. The molecule has 86 valence electrons. The Hall–Kier alpha value is -0.0800. The lowest BCUT2D eigenvalue weighted by Crippen LogP contribution is -2.60.